The molecule has 1 aromatic rings. The SMILES string of the molecule is CC(C)C(=O)c1sc(N2CCC(N(C)C)C2)cc1N. The summed E-state index contributed by atoms with van der Waals surface area (Å²) >= 11 is 1.54. The molecule has 0 aromatic carbocycles. The van der Waals surface area contributed by atoms with Gasteiger partial charge in [-0.1, -0.05) is 13.8 Å². The first-order chi connectivity index (χ1) is 8.90. The molecule has 0 amide bonds. The van der Waals surface area contributed by atoms with E-state index >= 15 is 0 Å². The standard InChI is InChI=1S/C14H23N3OS/c1-9(2)13(18)14-11(15)7-12(19-14)17-6-5-10(8-17)16(3)4/h7,9-10H,5-6,8,15H2,1-4H3. The topological polar surface area (TPSA) is 49.6 Å². The van der Waals surface area contributed by atoms with E-state index in [4.69, 9.17) is 5.73 Å². The van der Waals surface area contributed by atoms with Crippen LogP contribution >= 0.6 is 11.3 Å². The second-order valence-corrected chi connectivity index (χ2v) is 6.77. The molecule has 0 spiro atoms. The van der Waals surface area contributed by atoms with E-state index < -0.39 is 0 Å². The van der Waals surface area contributed by atoms with Crippen LogP contribution in [0, 0.1) is 5.92 Å². The molecule has 0 saturated carbocycles. The van der Waals surface area contributed by atoms with Crippen molar-refractivity contribution in [3.8, 4) is 0 Å². The molecule has 106 valence electrons. The number of rotatable bonds is 4. The highest BCUT2D eigenvalue weighted by Crippen LogP contribution is 2.35. The number of nitrogens with zero attached hydrogens (tertiary/aromatic N) is 2. The maximum absolute atomic E-state index is 12.1. The molecular formula is C14H23N3OS. The first-order valence-electron chi connectivity index (χ1n) is 6.75. The monoisotopic (exact) mass is 281 g/mol. The van der Waals surface area contributed by atoms with E-state index in [1.54, 1.807) is 0 Å². The Morgan fingerprint density at radius 1 is 1.53 bits per heavy atom. The highest BCUT2D eigenvalue weighted by molar-refractivity contribution is 7.18. The van der Waals surface area contributed by atoms with Crippen molar-refractivity contribution in [1.82, 2.24) is 4.90 Å². The van der Waals surface area contributed by atoms with Crippen LogP contribution in [0.1, 0.15) is 29.9 Å². The van der Waals surface area contributed by atoms with E-state index in [-0.39, 0.29) is 11.7 Å². The Kier molecular flexibility index (Phi) is 4.16. The second kappa shape index (κ2) is 5.51. The summed E-state index contributed by atoms with van der Waals surface area (Å²) in [5.74, 6) is 0.152. The van der Waals surface area contributed by atoms with Gasteiger partial charge in [-0.2, -0.15) is 0 Å². The van der Waals surface area contributed by atoms with Gasteiger partial charge in [-0.3, -0.25) is 4.79 Å². The molecule has 1 fully saturated rings. The Balaban J connectivity index is 2.15. The third-order valence-corrected chi connectivity index (χ3v) is 4.93. The number of hydrogen-bond acceptors (Lipinski definition) is 5. The minimum absolute atomic E-state index is 0.00176. The van der Waals surface area contributed by atoms with E-state index in [0.717, 1.165) is 29.4 Å². The van der Waals surface area contributed by atoms with Crippen molar-refractivity contribution in [2.75, 3.05) is 37.8 Å². The summed E-state index contributed by atoms with van der Waals surface area (Å²) in [4.78, 5) is 17.4. The molecule has 1 saturated heterocycles. The molecule has 1 aromatic heterocycles. The number of ketones is 1. The lowest BCUT2D eigenvalue weighted by Crippen LogP contribution is -2.31. The fraction of sp³-hybridized carbons (Fsp3) is 0.643. The van der Waals surface area contributed by atoms with Crippen molar-refractivity contribution in [2.45, 2.75) is 26.3 Å². The van der Waals surface area contributed by atoms with Crippen LogP contribution in [0.3, 0.4) is 0 Å². The number of Topliss-reactive ketones (excluding diaryl/α,β-unsaturated/α-hetero) is 1. The zero-order chi connectivity index (χ0) is 14.2. The van der Waals surface area contributed by atoms with E-state index in [9.17, 15) is 4.79 Å². The Labute approximate surface area is 119 Å². The Morgan fingerprint density at radius 2 is 2.21 bits per heavy atom. The lowest BCUT2D eigenvalue weighted by Gasteiger charge is -2.20. The quantitative estimate of drug-likeness (QED) is 0.861. The fourth-order valence-electron chi connectivity index (χ4n) is 2.37. The fourth-order valence-corrected chi connectivity index (χ4v) is 3.57. The molecule has 0 aliphatic carbocycles. The van der Waals surface area contributed by atoms with E-state index in [1.165, 1.54) is 11.3 Å². The Bertz CT molecular complexity index is 467. The Morgan fingerprint density at radius 3 is 2.74 bits per heavy atom. The van der Waals surface area contributed by atoms with Crippen LogP contribution in [0.2, 0.25) is 0 Å². The van der Waals surface area contributed by atoms with E-state index in [0.29, 0.717) is 11.7 Å². The van der Waals surface area contributed by atoms with Gasteiger partial charge < -0.3 is 15.5 Å². The predicted octanol–water partition coefficient (Wildman–Crippen LogP) is 2.31. The molecule has 1 atom stereocenters. The third kappa shape index (κ3) is 2.92. The highest BCUT2D eigenvalue weighted by atomic mass is 32.1. The van der Waals surface area contributed by atoms with Crippen molar-refractivity contribution in [2.24, 2.45) is 5.92 Å². The molecule has 2 heterocycles. The van der Waals surface area contributed by atoms with E-state index in [1.807, 2.05) is 19.9 Å². The maximum Gasteiger partial charge on any atom is 0.177 e. The summed E-state index contributed by atoms with van der Waals surface area (Å²) < 4.78 is 0. The minimum Gasteiger partial charge on any atom is -0.397 e. The zero-order valence-corrected chi connectivity index (χ0v) is 13.0. The molecule has 0 bridgehead atoms. The lowest BCUT2D eigenvalue weighted by molar-refractivity contribution is 0.0944. The molecule has 1 unspecified atom stereocenters. The Hall–Kier alpha value is -1.07. The average Bonchev–Trinajstić information content (AvgIpc) is 2.93. The molecule has 2 rings (SSSR count). The highest BCUT2D eigenvalue weighted by Gasteiger charge is 2.27. The number of thiophene rings is 1. The summed E-state index contributed by atoms with van der Waals surface area (Å²) in [6.07, 6.45) is 1.16. The van der Waals surface area contributed by atoms with Gasteiger partial charge in [0, 0.05) is 25.0 Å². The maximum atomic E-state index is 12.1. The average molecular weight is 281 g/mol. The largest absolute Gasteiger partial charge is 0.397 e. The van der Waals surface area contributed by atoms with Gasteiger partial charge in [0.25, 0.3) is 0 Å². The molecular weight excluding hydrogens is 258 g/mol. The molecule has 2 N–H and O–H groups in total. The van der Waals surface area contributed by atoms with Crippen LogP contribution in [0.15, 0.2) is 6.07 Å². The molecule has 5 heteroatoms. The van der Waals surface area contributed by atoms with Gasteiger partial charge in [0.05, 0.1) is 15.6 Å². The van der Waals surface area contributed by atoms with Crippen molar-refractivity contribution in [3.05, 3.63) is 10.9 Å². The first kappa shape index (κ1) is 14.3. The first-order valence-corrected chi connectivity index (χ1v) is 7.56. The molecule has 19 heavy (non-hydrogen) atoms. The predicted molar refractivity (Wildman–Crippen MR) is 82.2 cm³/mol. The van der Waals surface area contributed by atoms with Gasteiger partial charge in [-0.05, 0) is 26.6 Å². The number of hydrogen-bond donors (Lipinski definition) is 1. The van der Waals surface area contributed by atoms with E-state index in [2.05, 4.69) is 23.9 Å². The summed E-state index contributed by atoms with van der Waals surface area (Å²) in [7, 11) is 4.23. The summed E-state index contributed by atoms with van der Waals surface area (Å²) in [5, 5.41) is 1.13. The van der Waals surface area contributed by atoms with Crippen LogP contribution in [0.25, 0.3) is 0 Å². The van der Waals surface area contributed by atoms with Crippen LogP contribution in [-0.2, 0) is 0 Å². The molecule has 1 aliphatic rings. The van der Waals surface area contributed by atoms with Crippen molar-refractivity contribution >= 4 is 27.8 Å². The molecule has 4 nitrogen and oxygen atoms in total. The van der Waals surface area contributed by atoms with Gasteiger partial charge in [0.15, 0.2) is 5.78 Å². The lowest BCUT2D eigenvalue weighted by atomic mass is 10.1. The van der Waals surface area contributed by atoms with Crippen molar-refractivity contribution < 1.29 is 4.79 Å². The third-order valence-electron chi connectivity index (χ3n) is 3.70. The van der Waals surface area contributed by atoms with Crippen LogP contribution < -0.4 is 10.6 Å². The summed E-state index contributed by atoms with van der Waals surface area (Å²) in [6, 6.07) is 2.55. The van der Waals surface area contributed by atoms with Crippen molar-refractivity contribution in [1.29, 1.82) is 0 Å². The summed E-state index contributed by atoms with van der Waals surface area (Å²) in [5.41, 5.74) is 6.63. The molecule has 1 aliphatic heterocycles. The smallest absolute Gasteiger partial charge is 0.177 e. The molecule has 0 radical (unpaired) electrons. The van der Waals surface area contributed by atoms with Gasteiger partial charge in [0.1, 0.15) is 0 Å². The zero-order valence-electron chi connectivity index (χ0n) is 12.1. The summed E-state index contributed by atoms with van der Waals surface area (Å²) in [6.45, 7) is 5.89. The normalized spacial score (nSPS) is 19.7. The van der Waals surface area contributed by atoms with Gasteiger partial charge in [-0.25, -0.2) is 0 Å². The number of nitrogens with two attached hydrogens (primary N) is 1. The van der Waals surface area contributed by atoms with Crippen LogP contribution in [0.4, 0.5) is 10.7 Å². The second-order valence-electron chi connectivity index (χ2n) is 5.74. The van der Waals surface area contributed by atoms with Gasteiger partial charge >= 0.3 is 0 Å². The number of nitrogen functional groups attached to an aromatic ring is 1. The van der Waals surface area contributed by atoms with Gasteiger partial charge in [-0.15, -0.1) is 11.3 Å². The van der Waals surface area contributed by atoms with Crippen LogP contribution in [0.5, 0.6) is 0 Å². The van der Waals surface area contributed by atoms with Crippen LogP contribution in [-0.4, -0.2) is 43.9 Å². The number of anilines is 2. The number of carbonyl (C=O) groups excluding carboxylic acids is 1. The van der Waals surface area contributed by atoms with Gasteiger partial charge in [0.2, 0.25) is 0 Å². The van der Waals surface area contributed by atoms with Crippen molar-refractivity contribution in [3.63, 3.8) is 0 Å². The number of likely N-dealkylation sites (N-methyl/N-ethyl adjacent to an activating group) is 1. The number of carbonyl (C=O) groups is 1. The minimum atomic E-state index is 0.00176.